The summed E-state index contributed by atoms with van der Waals surface area (Å²) in [6, 6.07) is 4.38. The monoisotopic (exact) mass is 272 g/mol. The Balaban J connectivity index is 1.66. The third-order valence-electron chi connectivity index (χ3n) is 4.29. The number of carbonyl (C=O) groups is 1. The first kappa shape index (κ1) is 13.0. The lowest BCUT2D eigenvalue weighted by Gasteiger charge is -2.32. The molecule has 3 rings (SSSR count). The van der Waals surface area contributed by atoms with E-state index in [1.165, 1.54) is 0 Å². The van der Waals surface area contributed by atoms with Gasteiger partial charge in [-0.25, -0.2) is 4.98 Å². The van der Waals surface area contributed by atoms with Crippen LogP contribution in [0.1, 0.15) is 35.1 Å². The molecule has 1 saturated heterocycles. The Labute approximate surface area is 118 Å². The van der Waals surface area contributed by atoms with Crippen LogP contribution in [0.3, 0.4) is 0 Å². The van der Waals surface area contributed by atoms with Gasteiger partial charge in [-0.2, -0.15) is 0 Å². The fourth-order valence-electron chi connectivity index (χ4n) is 2.84. The van der Waals surface area contributed by atoms with Crippen molar-refractivity contribution in [1.82, 2.24) is 19.0 Å². The minimum atomic E-state index is 0.143. The summed E-state index contributed by atoms with van der Waals surface area (Å²) in [5, 5.41) is 0. The normalized spacial score (nSPS) is 16.6. The Bertz CT molecular complexity index is 591. The summed E-state index contributed by atoms with van der Waals surface area (Å²) in [6.45, 7) is 3.64. The molecule has 1 aliphatic rings. The van der Waals surface area contributed by atoms with E-state index in [0.717, 1.165) is 37.3 Å². The highest BCUT2D eigenvalue weighted by atomic mass is 16.2. The highest BCUT2D eigenvalue weighted by molar-refractivity contribution is 5.93. The summed E-state index contributed by atoms with van der Waals surface area (Å²) in [5.74, 6) is 0.143. The molecule has 0 spiro atoms. The molecule has 2 aromatic heterocycles. The number of hydrogen-bond donors (Lipinski definition) is 0. The maximum Gasteiger partial charge on any atom is 0.270 e. The number of rotatable bonds is 2. The van der Waals surface area contributed by atoms with E-state index in [1.54, 1.807) is 0 Å². The van der Waals surface area contributed by atoms with Gasteiger partial charge in [-0.3, -0.25) is 4.79 Å². The lowest BCUT2D eigenvalue weighted by Crippen LogP contribution is -2.39. The van der Waals surface area contributed by atoms with E-state index in [9.17, 15) is 4.79 Å². The maximum atomic E-state index is 12.5. The minimum absolute atomic E-state index is 0.143. The second kappa shape index (κ2) is 5.15. The van der Waals surface area contributed by atoms with Crippen LogP contribution in [0.2, 0.25) is 0 Å². The number of likely N-dealkylation sites (tertiary alicyclic amines) is 1. The van der Waals surface area contributed by atoms with Crippen LogP contribution in [0, 0.1) is 6.92 Å². The summed E-state index contributed by atoms with van der Waals surface area (Å²) >= 11 is 0. The third kappa shape index (κ3) is 2.24. The van der Waals surface area contributed by atoms with Crippen molar-refractivity contribution < 1.29 is 4.79 Å². The van der Waals surface area contributed by atoms with Crippen molar-refractivity contribution in [3.05, 3.63) is 42.2 Å². The molecule has 0 bridgehead atoms. The molecule has 3 heterocycles. The van der Waals surface area contributed by atoms with E-state index in [0.29, 0.717) is 6.04 Å². The molecule has 5 heteroatoms. The fourth-order valence-corrected chi connectivity index (χ4v) is 2.84. The Hall–Kier alpha value is -2.04. The third-order valence-corrected chi connectivity index (χ3v) is 4.29. The van der Waals surface area contributed by atoms with Crippen LogP contribution in [0.5, 0.6) is 0 Å². The van der Waals surface area contributed by atoms with E-state index in [1.807, 2.05) is 54.3 Å². The molecule has 0 saturated carbocycles. The Morgan fingerprint density at radius 1 is 1.30 bits per heavy atom. The number of carbonyl (C=O) groups excluding carboxylic acids is 1. The van der Waals surface area contributed by atoms with Crippen LogP contribution in [0.15, 0.2) is 30.9 Å². The molecular weight excluding hydrogens is 252 g/mol. The van der Waals surface area contributed by atoms with Crippen LogP contribution in [0.25, 0.3) is 0 Å². The molecule has 0 N–H and O–H groups in total. The molecule has 106 valence electrons. The molecule has 0 aliphatic carbocycles. The first-order valence-corrected chi connectivity index (χ1v) is 7.06. The highest BCUT2D eigenvalue weighted by Gasteiger charge is 2.25. The van der Waals surface area contributed by atoms with Crippen LogP contribution in [0.4, 0.5) is 0 Å². The summed E-state index contributed by atoms with van der Waals surface area (Å²) in [7, 11) is 1.95. The highest BCUT2D eigenvalue weighted by Crippen LogP contribution is 2.23. The quantitative estimate of drug-likeness (QED) is 0.839. The number of imidazole rings is 1. The number of piperidine rings is 1. The molecule has 0 aromatic carbocycles. The van der Waals surface area contributed by atoms with Crippen molar-refractivity contribution in [1.29, 1.82) is 0 Å². The summed E-state index contributed by atoms with van der Waals surface area (Å²) in [5.41, 5.74) is 1.89. The zero-order valence-corrected chi connectivity index (χ0v) is 12.0. The second-order valence-corrected chi connectivity index (χ2v) is 5.45. The largest absolute Gasteiger partial charge is 0.344 e. The summed E-state index contributed by atoms with van der Waals surface area (Å²) < 4.78 is 4.11. The van der Waals surface area contributed by atoms with Gasteiger partial charge in [0.25, 0.3) is 5.91 Å². The van der Waals surface area contributed by atoms with Gasteiger partial charge in [0.1, 0.15) is 5.69 Å². The lowest BCUT2D eigenvalue weighted by atomic mass is 10.0. The zero-order chi connectivity index (χ0) is 14.1. The number of aromatic nitrogens is 3. The maximum absolute atomic E-state index is 12.5. The van der Waals surface area contributed by atoms with E-state index in [2.05, 4.69) is 9.55 Å². The van der Waals surface area contributed by atoms with Gasteiger partial charge in [-0.15, -0.1) is 0 Å². The molecule has 0 unspecified atom stereocenters. The lowest BCUT2D eigenvalue weighted by molar-refractivity contribution is 0.0684. The molecule has 2 aromatic rings. The number of nitrogens with zero attached hydrogens (tertiary/aromatic N) is 4. The van der Waals surface area contributed by atoms with E-state index in [-0.39, 0.29) is 5.91 Å². The van der Waals surface area contributed by atoms with Crippen molar-refractivity contribution in [3.63, 3.8) is 0 Å². The molecule has 5 nitrogen and oxygen atoms in total. The van der Waals surface area contributed by atoms with Crippen molar-refractivity contribution in [3.8, 4) is 0 Å². The predicted molar refractivity (Wildman–Crippen MR) is 76.6 cm³/mol. The Kier molecular flexibility index (Phi) is 3.34. The van der Waals surface area contributed by atoms with Crippen LogP contribution in [-0.2, 0) is 7.05 Å². The number of aryl methyl sites for hydroxylation is 1. The van der Waals surface area contributed by atoms with Gasteiger partial charge in [-0.05, 0) is 31.9 Å². The average molecular weight is 272 g/mol. The van der Waals surface area contributed by atoms with Gasteiger partial charge in [-0.1, -0.05) is 0 Å². The Morgan fingerprint density at radius 3 is 2.60 bits per heavy atom. The summed E-state index contributed by atoms with van der Waals surface area (Å²) in [6.07, 6.45) is 7.66. The second-order valence-electron chi connectivity index (χ2n) is 5.45. The number of amides is 1. The minimum Gasteiger partial charge on any atom is -0.344 e. The van der Waals surface area contributed by atoms with E-state index >= 15 is 0 Å². The van der Waals surface area contributed by atoms with Gasteiger partial charge in [0.15, 0.2) is 0 Å². The number of hydrogen-bond acceptors (Lipinski definition) is 2. The molecule has 1 fully saturated rings. The Morgan fingerprint density at radius 2 is 2.05 bits per heavy atom. The topological polar surface area (TPSA) is 43.1 Å². The van der Waals surface area contributed by atoms with Crippen LogP contribution >= 0.6 is 0 Å². The van der Waals surface area contributed by atoms with Crippen molar-refractivity contribution >= 4 is 5.91 Å². The standard InChI is InChI=1S/C15H20N4O/c1-12-3-4-14(17(12)2)15(20)18-8-5-13(6-9-18)19-10-7-16-11-19/h3-4,7,10-11,13H,5-6,8-9H2,1-2H3. The molecule has 1 amide bonds. The SMILES string of the molecule is Cc1ccc(C(=O)N2CCC(n3ccnc3)CC2)n1C. The molecule has 0 atom stereocenters. The van der Waals surface area contributed by atoms with Gasteiger partial charge >= 0.3 is 0 Å². The van der Waals surface area contributed by atoms with Crippen LogP contribution < -0.4 is 0 Å². The van der Waals surface area contributed by atoms with E-state index < -0.39 is 0 Å². The van der Waals surface area contributed by atoms with Gasteiger partial charge < -0.3 is 14.0 Å². The van der Waals surface area contributed by atoms with Crippen molar-refractivity contribution in [2.75, 3.05) is 13.1 Å². The van der Waals surface area contributed by atoms with Gasteiger partial charge in [0.05, 0.1) is 6.33 Å². The summed E-state index contributed by atoms with van der Waals surface area (Å²) in [4.78, 5) is 18.6. The first-order chi connectivity index (χ1) is 9.66. The van der Waals surface area contributed by atoms with Crippen LogP contribution in [-0.4, -0.2) is 38.0 Å². The molecule has 0 radical (unpaired) electrons. The molecular formula is C15H20N4O. The van der Waals surface area contributed by atoms with Crippen molar-refractivity contribution in [2.24, 2.45) is 7.05 Å². The predicted octanol–water partition coefficient (Wildman–Crippen LogP) is 2.01. The molecule has 1 aliphatic heterocycles. The zero-order valence-electron chi connectivity index (χ0n) is 12.0. The van der Waals surface area contributed by atoms with E-state index in [4.69, 9.17) is 0 Å². The van der Waals surface area contributed by atoms with Crippen molar-refractivity contribution in [2.45, 2.75) is 25.8 Å². The average Bonchev–Trinajstić information content (AvgIpc) is 3.10. The molecule has 20 heavy (non-hydrogen) atoms. The fraction of sp³-hybridized carbons (Fsp3) is 0.467. The van der Waals surface area contributed by atoms with Gasteiger partial charge in [0.2, 0.25) is 0 Å². The smallest absolute Gasteiger partial charge is 0.270 e. The first-order valence-electron chi connectivity index (χ1n) is 7.06. The van der Waals surface area contributed by atoms with Gasteiger partial charge in [0, 0.05) is 44.3 Å².